The quantitative estimate of drug-likeness (QED) is 0.595. The zero-order chi connectivity index (χ0) is 11.3. The number of aryl methyl sites for hydroxylation is 1. The van der Waals surface area contributed by atoms with Crippen LogP contribution in [0.25, 0.3) is 0 Å². The van der Waals surface area contributed by atoms with Crippen LogP contribution < -0.4 is 5.73 Å². The molecule has 1 aromatic heterocycles. The maximum Gasteiger partial charge on any atom is 0.185 e. The first-order valence-electron chi connectivity index (χ1n) is 4.72. The molecule has 1 atom stereocenters. The number of hydrogen-bond donors (Lipinski definition) is 1. The Hall–Kier alpha value is -1.06. The van der Waals surface area contributed by atoms with Crippen molar-refractivity contribution in [2.45, 2.75) is 30.5 Å². The predicted molar refractivity (Wildman–Crippen MR) is 59.2 cm³/mol. The van der Waals surface area contributed by atoms with E-state index >= 15 is 0 Å². The Morgan fingerprint density at radius 1 is 1.73 bits per heavy atom. The second-order valence-corrected chi connectivity index (χ2v) is 4.71. The van der Waals surface area contributed by atoms with E-state index in [-0.39, 0.29) is 0 Å². The highest BCUT2D eigenvalue weighted by atomic mass is 32.2. The van der Waals surface area contributed by atoms with Crippen molar-refractivity contribution in [1.82, 2.24) is 14.8 Å². The summed E-state index contributed by atoms with van der Waals surface area (Å²) in [5, 5.41) is 13.6. The van der Waals surface area contributed by atoms with Gasteiger partial charge in [-0.3, -0.25) is 0 Å². The Morgan fingerprint density at radius 2 is 2.47 bits per heavy atom. The average Bonchev–Trinajstić information content (AvgIpc) is 2.59. The standard InChI is InChI=1S/C9H15N5S/c1-9(11,6-10)4-3-5-15-8-12-7-13-14(8)2/h7H,3-5,11H2,1-2H3. The molecule has 1 aromatic rings. The number of rotatable bonds is 5. The van der Waals surface area contributed by atoms with E-state index in [0.717, 1.165) is 17.3 Å². The predicted octanol–water partition coefficient (Wildman–Crippen LogP) is 0.928. The van der Waals surface area contributed by atoms with Gasteiger partial charge in [0.2, 0.25) is 0 Å². The van der Waals surface area contributed by atoms with E-state index in [4.69, 9.17) is 11.0 Å². The van der Waals surface area contributed by atoms with E-state index < -0.39 is 5.54 Å². The molecule has 0 radical (unpaired) electrons. The average molecular weight is 225 g/mol. The first kappa shape index (κ1) is 12.0. The van der Waals surface area contributed by atoms with Crippen LogP contribution in [0.4, 0.5) is 0 Å². The molecule has 5 nitrogen and oxygen atoms in total. The summed E-state index contributed by atoms with van der Waals surface area (Å²) in [6.45, 7) is 1.75. The normalized spacial score (nSPS) is 14.5. The van der Waals surface area contributed by atoms with Gasteiger partial charge >= 0.3 is 0 Å². The zero-order valence-electron chi connectivity index (χ0n) is 8.97. The summed E-state index contributed by atoms with van der Waals surface area (Å²) in [5.74, 6) is 0.904. The molecular weight excluding hydrogens is 210 g/mol. The Balaban J connectivity index is 2.24. The van der Waals surface area contributed by atoms with Crippen LogP contribution in [0.15, 0.2) is 11.5 Å². The number of nitrogens with two attached hydrogens (primary N) is 1. The number of nitriles is 1. The van der Waals surface area contributed by atoms with Crippen molar-refractivity contribution >= 4 is 11.8 Å². The first-order valence-corrected chi connectivity index (χ1v) is 5.71. The van der Waals surface area contributed by atoms with Gasteiger partial charge in [0.25, 0.3) is 0 Å². The van der Waals surface area contributed by atoms with Crippen molar-refractivity contribution in [2.75, 3.05) is 5.75 Å². The zero-order valence-corrected chi connectivity index (χ0v) is 9.79. The molecule has 0 saturated heterocycles. The van der Waals surface area contributed by atoms with Crippen molar-refractivity contribution in [2.24, 2.45) is 12.8 Å². The lowest BCUT2D eigenvalue weighted by Crippen LogP contribution is -2.33. The monoisotopic (exact) mass is 225 g/mol. The fraction of sp³-hybridized carbons (Fsp3) is 0.667. The largest absolute Gasteiger partial charge is 0.314 e. The molecule has 0 aliphatic rings. The maximum atomic E-state index is 8.71. The van der Waals surface area contributed by atoms with Gasteiger partial charge in [-0.15, -0.1) is 0 Å². The molecule has 15 heavy (non-hydrogen) atoms. The molecule has 6 heteroatoms. The molecular formula is C9H15N5S. The van der Waals surface area contributed by atoms with Crippen molar-refractivity contribution in [3.05, 3.63) is 6.33 Å². The van der Waals surface area contributed by atoms with Gasteiger partial charge < -0.3 is 5.73 Å². The number of aromatic nitrogens is 3. The van der Waals surface area contributed by atoms with Gasteiger partial charge in [-0.2, -0.15) is 10.4 Å². The second-order valence-electron chi connectivity index (χ2n) is 3.65. The SMILES string of the molecule is Cn1ncnc1SCCCC(C)(N)C#N. The molecule has 0 aliphatic carbocycles. The molecule has 82 valence electrons. The van der Waals surface area contributed by atoms with Crippen LogP contribution in [-0.4, -0.2) is 26.1 Å². The van der Waals surface area contributed by atoms with Gasteiger partial charge in [-0.1, -0.05) is 11.8 Å². The Bertz CT molecular complexity index is 352. The lowest BCUT2D eigenvalue weighted by atomic mass is 10.0. The van der Waals surface area contributed by atoms with Crippen LogP contribution in [-0.2, 0) is 7.05 Å². The summed E-state index contributed by atoms with van der Waals surface area (Å²) >= 11 is 1.63. The molecule has 0 amide bonds. The number of hydrogen-bond acceptors (Lipinski definition) is 5. The highest BCUT2D eigenvalue weighted by Gasteiger charge is 2.16. The summed E-state index contributed by atoms with van der Waals surface area (Å²) in [4.78, 5) is 4.09. The minimum absolute atomic E-state index is 0.703. The van der Waals surface area contributed by atoms with Crippen LogP contribution in [0.5, 0.6) is 0 Å². The fourth-order valence-electron chi connectivity index (χ4n) is 1.08. The highest BCUT2D eigenvalue weighted by Crippen LogP contribution is 2.17. The Kier molecular flexibility index (Phi) is 4.12. The lowest BCUT2D eigenvalue weighted by Gasteiger charge is -2.13. The topological polar surface area (TPSA) is 80.5 Å². The van der Waals surface area contributed by atoms with Crippen LogP contribution in [0, 0.1) is 11.3 Å². The molecule has 1 heterocycles. The van der Waals surface area contributed by atoms with Gasteiger partial charge in [0, 0.05) is 12.8 Å². The van der Waals surface area contributed by atoms with Crippen molar-refractivity contribution in [3.8, 4) is 6.07 Å². The van der Waals surface area contributed by atoms with Crippen molar-refractivity contribution in [1.29, 1.82) is 5.26 Å². The van der Waals surface area contributed by atoms with E-state index in [1.807, 2.05) is 7.05 Å². The van der Waals surface area contributed by atoms with Crippen LogP contribution in [0.3, 0.4) is 0 Å². The van der Waals surface area contributed by atoms with E-state index in [0.29, 0.717) is 6.42 Å². The van der Waals surface area contributed by atoms with Gasteiger partial charge in [0.1, 0.15) is 11.9 Å². The third-order valence-electron chi connectivity index (χ3n) is 2.00. The summed E-state index contributed by atoms with van der Waals surface area (Å²) in [6.07, 6.45) is 3.14. The summed E-state index contributed by atoms with van der Waals surface area (Å²) in [7, 11) is 1.86. The van der Waals surface area contributed by atoms with Crippen LogP contribution in [0.1, 0.15) is 19.8 Å². The van der Waals surface area contributed by atoms with Gasteiger partial charge in [-0.25, -0.2) is 9.67 Å². The third kappa shape index (κ3) is 3.90. The third-order valence-corrected chi connectivity index (χ3v) is 3.12. The molecule has 0 aliphatic heterocycles. The minimum atomic E-state index is -0.708. The lowest BCUT2D eigenvalue weighted by molar-refractivity contribution is 0.540. The minimum Gasteiger partial charge on any atom is -0.314 e. The van der Waals surface area contributed by atoms with E-state index in [9.17, 15) is 0 Å². The summed E-state index contributed by atoms with van der Waals surface area (Å²) < 4.78 is 1.73. The Morgan fingerprint density at radius 3 is 3.00 bits per heavy atom. The van der Waals surface area contributed by atoms with E-state index in [2.05, 4.69) is 16.2 Å². The molecule has 0 aromatic carbocycles. The van der Waals surface area contributed by atoms with Gasteiger partial charge in [0.05, 0.1) is 6.07 Å². The number of nitrogens with zero attached hydrogens (tertiary/aromatic N) is 4. The van der Waals surface area contributed by atoms with Crippen molar-refractivity contribution in [3.63, 3.8) is 0 Å². The summed E-state index contributed by atoms with van der Waals surface area (Å²) in [6, 6.07) is 2.08. The molecule has 0 saturated carbocycles. The Labute approximate surface area is 93.7 Å². The highest BCUT2D eigenvalue weighted by molar-refractivity contribution is 7.99. The van der Waals surface area contributed by atoms with Crippen LogP contribution in [0.2, 0.25) is 0 Å². The van der Waals surface area contributed by atoms with E-state index in [1.54, 1.807) is 23.4 Å². The maximum absolute atomic E-state index is 8.71. The summed E-state index contributed by atoms with van der Waals surface area (Å²) in [5.41, 5.74) is 4.99. The molecule has 1 rings (SSSR count). The van der Waals surface area contributed by atoms with Crippen molar-refractivity contribution < 1.29 is 0 Å². The van der Waals surface area contributed by atoms with E-state index in [1.165, 1.54) is 6.33 Å². The fourth-order valence-corrected chi connectivity index (χ4v) is 1.90. The molecule has 0 bridgehead atoms. The molecule has 1 unspecified atom stereocenters. The second kappa shape index (κ2) is 5.14. The van der Waals surface area contributed by atoms with Gasteiger partial charge in [0.15, 0.2) is 5.16 Å². The van der Waals surface area contributed by atoms with Gasteiger partial charge in [-0.05, 0) is 19.8 Å². The smallest absolute Gasteiger partial charge is 0.185 e. The number of thioether (sulfide) groups is 1. The molecule has 2 N–H and O–H groups in total. The molecule has 0 fully saturated rings. The first-order chi connectivity index (χ1) is 7.05. The molecule has 0 spiro atoms. The van der Waals surface area contributed by atoms with Crippen LogP contribution >= 0.6 is 11.8 Å².